The highest BCUT2D eigenvalue weighted by Gasteiger charge is 2.18. The average molecular weight is 184 g/mol. The Balaban J connectivity index is 2.70. The summed E-state index contributed by atoms with van der Waals surface area (Å²) < 4.78 is 4.86. The van der Waals surface area contributed by atoms with E-state index in [9.17, 15) is 0 Å². The fourth-order valence-electron chi connectivity index (χ4n) is 0.995. The van der Waals surface area contributed by atoms with Crippen LogP contribution in [-0.4, -0.2) is 10.1 Å². The molecule has 0 fully saturated rings. The van der Waals surface area contributed by atoms with Crippen LogP contribution in [0.2, 0.25) is 0 Å². The molecule has 0 radical (unpaired) electrons. The number of hydrogen-bond acceptors (Lipinski definition) is 5. The molecule has 2 unspecified atom stereocenters. The van der Waals surface area contributed by atoms with Gasteiger partial charge in [-0.25, -0.2) is 0 Å². The van der Waals surface area contributed by atoms with Gasteiger partial charge in [-0.05, 0) is 5.92 Å². The SMILES string of the molecule is CCC(C)C(N)c1noc(CN)n1. The lowest BCUT2D eigenvalue weighted by atomic mass is 10.00. The summed E-state index contributed by atoms with van der Waals surface area (Å²) in [5, 5.41) is 3.76. The van der Waals surface area contributed by atoms with Crippen LogP contribution in [0, 0.1) is 5.92 Å². The lowest BCUT2D eigenvalue weighted by Gasteiger charge is -2.13. The van der Waals surface area contributed by atoms with Crippen LogP contribution >= 0.6 is 0 Å². The Hall–Kier alpha value is -0.940. The molecular formula is C8H16N4O. The van der Waals surface area contributed by atoms with Crippen LogP contribution in [0.15, 0.2) is 4.52 Å². The molecule has 5 nitrogen and oxygen atoms in total. The third-order valence-corrected chi connectivity index (χ3v) is 2.21. The fraction of sp³-hybridized carbons (Fsp3) is 0.750. The van der Waals surface area contributed by atoms with E-state index in [-0.39, 0.29) is 12.6 Å². The van der Waals surface area contributed by atoms with Gasteiger partial charge in [0.1, 0.15) is 0 Å². The van der Waals surface area contributed by atoms with Crippen LogP contribution in [-0.2, 0) is 6.54 Å². The quantitative estimate of drug-likeness (QED) is 0.714. The molecule has 1 heterocycles. The van der Waals surface area contributed by atoms with E-state index in [4.69, 9.17) is 16.0 Å². The summed E-state index contributed by atoms with van der Waals surface area (Å²) in [5.41, 5.74) is 11.2. The van der Waals surface area contributed by atoms with E-state index in [1.165, 1.54) is 0 Å². The van der Waals surface area contributed by atoms with Crippen molar-refractivity contribution in [2.75, 3.05) is 0 Å². The van der Waals surface area contributed by atoms with E-state index in [2.05, 4.69) is 24.0 Å². The van der Waals surface area contributed by atoms with Crippen molar-refractivity contribution in [1.29, 1.82) is 0 Å². The van der Waals surface area contributed by atoms with Gasteiger partial charge < -0.3 is 16.0 Å². The Morgan fingerprint density at radius 3 is 2.69 bits per heavy atom. The van der Waals surface area contributed by atoms with Crippen molar-refractivity contribution in [3.05, 3.63) is 11.7 Å². The molecule has 0 saturated heterocycles. The second-order valence-electron chi connectivity index (χ2n) is 3.16. The molecule has 0 saturated carbocycles. The summed E-state index contributed by atoms with van der Waals surface area (Å²) in [6.45, 7) is 4.40. The molecule has 0 aromatic carbocycles. The third-order valence-electron chi connectivity index (χ3n) is 2.21. The van der Waals surface area contributed by atoms with Gasteiger partial charge in [-0.1, -0.05) is 25.4 Å². The average Bonchev–Trinajstić information content (AvgIpc) is 2.63. The van der Waals surface area contributed by atoms with Crippen LogP contribution in [0.5, 0.6) is 0 Å². The van der Waals surface area contributed by atoms with E-state index < -0.39 is 0 Å². The van der Waals surface area contributed by atoms with Crippen LogP contribution in [0.4, 0.5) is 0 Å². The Labute approximate surface area is 77.5 Å². The van der Waals surface area contributed by atoms with Gasteiger partial charge in [-0.2, -0.15) is 4.98 Å². The predicted molar refractivity (Wildman–Crippen MR) is 48.6 cm³/mol. The number of nitrogens with zero attached hydrogens (tertiary/aromatic N) is 2. The number of rotatable bonds is 4. The van der Waals surface area contributed by atoms with Gasteiger partial charge in [0.05, 0.1) is 12.6 Å². The second-order valence-corrected chi connectivity index (χ2v) is 3.16. The van der Waals surface area contributed by atoms with Crippen molar-refractivity contribution in [3.8, 4) is 0 Å². The fourth-order valence-corrected chi connectivity index (χ4v) is 0.995. The number of nitrogens with two attached hydrogens (primary N) is 2. The highest BCUT2D eigenvalue weighted by Crippen LogP contribution is 2.18. The first kappa shape index (κ1) is 10.1. The van der Waals surface area contributed by atoms with Crippen molar-refractivity contribution in [1.82, 2.24) is 10.1 Å². The van der Waals surface area contributed by atoms with Crippen molar-refractivity contribution in [2.45, 2.75) is 32.9 Å². The van der Waals surface area contributed by atoms with Crippen molar-refractivity contribution in [3.63, 3.8) is 0 Å². The van der Waals surface area contributed by atoms with Gasteiger partial charge >= 0.3 is 0 Å². The van der Waals surface area contributed by atoms with Crippen LogP contribution in [0.25, 0.3) is 0 Å². The minimum atomic E-state index is -0.158. The number of aromatic nitrogens is 2. The summed E-state index contributed by atoms with van der Waals surface area (Å²) in [6, 6.07) is -0.158. The Morgan fingerprint density at radius 1 is 1.54 bits per heavy atom. The summed E-state index contributed by atoms with van der Waals surface area (Å²) in [6.07, 6.45) is 0.994. The monoisotopic (exact) mass is 184 g/mol. The first-order chi connectivity index (χ1) is 6.19. The van der Waals surface area contributed by atoms with Gasteiger partial charge in [-0.3, -0.25) is 0 Å². The van der Waals surface area contributed by atoms with Crippen molar-refractivity contribution < 1.29 is 4.52 Å². The molecule has 5 heteroatoms. The largest absolute Gasteiger partial charge is 0.338 e. The zero-order valence-corrected chi connectivity index (χ0v) is 8.03. The molecule has 0 aliphatic carbocycles. The third kappa shape index (κ3) is 2.26. The highest BCUT2D eigenvalue weighted by atomic mass is 16.5. The molecule has 2 atom stereocenters. The van der Waals surface area contributed by atoms with Gasteiger partial charge in [0.15, 0.2) is 5.82 Å². The van der Waals surface area contributed by atoms with Gasteiger partial charge in [0, 0.05) is 0 Å². The molecule has 1 rings (SSSR count). The Bertz CT molecular complexity index is 260. The smallest absolute Gasteiger partial charge is 0.240 e. The first-order valence-corrected chi connectivity index (χ1v) is 4.47. The minimum Gasteiger partial charge on any atom is -0.338 e. The van der Waals surface area contributed by atoms with E-state index >= 15 is 0 Å². The molecular weight excluding hydrogens is 168 g/mol. The van der Waals surface area contributed by atoms with E-state index in [1.807, 2.05) is 0 Å². The predicted octanol–water partition coefficient (Wildman–Crippen LogP) is 0.574. The summed E-state index contributed by atoms with van der Waals surface area (Å²) in [5.74, 6) is 1.34. The molecule has 0 amide bonds. The molecule has 1 aromatic heterocycles. The maximum Gasteiger partial charge on any atom is 0.240 e. The Morgan fingerprint density at radius 2 is 2.23 bits per heavy atom. The van der Waals surface area contributed by atoms with Gasteiger partial charge in [0.2, 0.25) is 5.89 Å². The highest BCUT2D eigenvalue weighted by molar-refractivity contribution is 4.94. The lowest BCUT2D eigenvalue weighted by molar-refractivity contribution is 0.359. The molecule has 13 heavy (non-hydrogen) atoms. The van der Waals surface area contributed by atoms with E-state index in [0.717, 1.165) is 6.42 Å². The van der Waals surface area contributed by atoms with Crippen LogP contribution in [0.3, 0.4) is 0 Å². The molecule has 0 aliphatic rings. The van der Waals surface area contributed by atoms with Gasteiger partial charge in [0.25, 0.3) is 0 Å². The summed E-state index contributed by atoms with van der Waals surface area (Å²) in [4.78, 5) is 4.07. The van der Waals surface area contributed by atoms with Crippen LogP contribution < -0.4 is 11.5 Å². The van der Waals surface area contributed by atoms with Crippen molar-refractivity contribution in [2.24, 2.45) is 17.4 Å². The summed E-state index contributed by atoms with van der Waals surface area (Å²) >= 11 is 0. The zero-order chi connectivity index (χ0) is 9.84. The zero-order valence-electron chi connectivity index (χ0n) is 8.03. The minimum absolute atomic E-state index is 0.158. The maximum absolute atomic E-state index is 5.89. The first-order valence-electron chi connectivity index (χ1n) is 4.47. The van der Waals surface area contributed by atoms with Crippen LogP contribution in [0.1, 0.15) is 38.0 Å². The maximum atomic E-state index is 5.89. The molecule has 0 aliphatic heterocycles. The van der Waals surface area contributed by atoms with E-state index in [1.54, 1.807) is 0 Å². The lowest BCUT2D eigenvalue weighted by Crippen LogP contribution is -2.20. The molecule has 74 valence electrons. The standard InChI is InChI=1S/C8H16N4O/c1-3-5(2)7(10)8-11-6(4-9)13-12-8/h5,7H,3-4,9-10H2,1-2H3. The Kier molecular flexibility index (Phi) is 3.39. The second kappa shape index (κ2) is 4.34. The summed E-state index contributed by atoms with van der Waals surface area (Å²) in [7, 11) is 0. The van der Waals surface area contributed by atoms with Gasteiger partial charge in [-0.15, -0.1) is 0 Å². The normalized spacial score (nSPS) is 15.7. The topological polar surface area (TPSA) is 91.0 Å². The molecule has 4 N–H and O–H groups in total. The number of hydrogen-bond donors (Lipinski definition) is 2. The van der Waals surface area contributed by atoms with Crippen molar-refractivity contribution >= 4 is 0 Å². The molecule has 0 spiro atoms. The molecule has 1 aromatic rings. The van der Waals surface area contributed by atoms with E-state index in [0.29, 0.717) is 17.6 Å². The molecule has 0 bridgehead atoms.